The molecule has 4 heterocycles. The normalized spacial score (nSPS) is 20.7. The van der Waals surface area contributed by atoms with Crippen LogP contribution in [0.4, 0.5) is 26.3 Å². The first-order chi connectivity index (χ1) is 25.2. The molecule has 5 rings (SSSR count). The number of piperidine rings is 2. The number of halogens is 6. The summed E-state index contributed by atoms with van der Waals surface area (Å²) in [6.07, 6.45) is -6.96. The molecular weight excluding hydrogens is 742 g/mol. The van der Waals surface area contributed by atoms with Crippen LogP contribution in [0.1, 0.15) is 85.7 Å². The van der Waals surface area contributed by atoms with Crippen LogP contribution in [-0.2, 0) is 27.5 Å². The lowest BCUT2D eigenvalue weighted by molar-refractivity contribution is -0.161. The molecule has 3 N–H and O–H groups in total. The molecule has 2 atom stereocenters. The van der Waals surface area contributed by atoms with E-state index in [2.05, 4.69) is 4.98 Å². The van der Waals surface area contributed by atoms with E-state index in [1.165, 1.54) is 18.7 Å². The van der Waals surface area contributed by atoms with Crippen LogP contribution in [0.25, 0.3) is 0 Å². The van der Waals surface area contributed by atoms with Crippen molar-refractivity contribution in [3.63, 3.8) is 0 Å². The molecule has 0 saturated carbocycles. The largest absolute Gasteiger partial charge is 0.492 e. The Morgan fingerprint density at radius 2 is 1.70 bits per heavy atom. The van der Waals surface area contributed by atoms with Gasteiger partial charge in [0, 0.05) is 61.0 Å². The first-order valence-corrected chi connectivity index (χ1v) is 18.3. The smallest absolute Gasteiger partial charge is 0.425 e. The van der Waals surface area contributed by atoms with Crippen molar-refractivity contribution < 1.29 is 55.3 Å². The Labute approximate surface area is 312 Å². The molecule has 2 saturated heterocycles. The Hall–Kier alpha value is -4.38. The molecule has 10 nitrogen and oxygen atoms in total. The fraction of sp³-hybridized carbons (Fsp3) is 0.514. The topological polar surface area (TPSA) is 135 Å². The quantitative estimate of drug-likeness (QED) is 0.193. The van der Waals surface area contributed by atoms with Crippen molar-refractivity contribution in [1.29, 1.82) is 0 Å². The minimum atomic E-state index is -4.89. The monoisotopic (exact) mass is 784 g/mol. The summed E-state index contributed by atoms with van der Waals surface area (Å²) in [4.78, 5) is 46.1. The van der Waals surface area contributed by atoms with E-state index in [0.29, 0.717) is 35.1 Å². The van der Waals surface area contributed by atoms with Crippen molar-refractivity contribution in [2.45, 2.75) is 88.8 Å². The van der Waals surface area contributed by atoms with E-state index >= 15 is 0 Å². The van der Waals surface area contributed by atoms with Crippen molar-refractivity contribution in [3.8, 4) is 11.5 Å². The summed E-state index contributed by atoms with van der Waals surface area (Å²) in [7, 11) is 0. The van der Waals surface area contributed by atoms with Gasteiger partial charge < -0.3 is 30.1 Å². The van der Waals surface area contributed by atoms with Gasteiger partial charge >= 0.3 is 18.3 Å². The van der Waals surface area contributed by atoms with Crippen LogP contribution in [0, 0.1) is 5.41 Å². The molecule has 1 aromatic carbocycles. The number of rotatable bonds is 11. The van der Waals surface area contributed by atoms with Crippen LogP contribution in [0.15, 0.2) is 54.2 Å². The van der Waals surface area contributed by atoms with E-state index < -0.39 is 68.7 Å². The van der Waals surface area contributed by atoms with Crippen molar-refractivity contribution >= 4 is 29.1 Å². The number of aromatic nitrogens is 1. The lowest BCUT2D eigenvalue weighted by Gasteiger charge is -2.51. The Bertz CT molecular complexity index is 1840. The highest BCUT2D eigenvalue weighted by Crippen LogP contribution is 2.44. The second-order valence-corrected chi connectivity index (χ2v) is 15.3. The van der Waals surface area contributed by atoms with Crippen molar-refractivity contribution in [2.24, 2.45) is 11.1 Å². The third kappa shape index (κ3) is 8.31. The third-order valence-electron chi connectivity index (χ3n) is 10.1. The van der Waals surface area contributed by atoms with Gasteiger partial charge in [-0.05, 0) is 51.7 Å². The lowest BCUT2D eigenvalue weighted by atomic mass is 9.77. The molecule has 0 spiro atoms. The van der Waals surface area contributed by atoms with Gasteiger partial charge in [0.2, 0.25) is 5.60 Å². The zero-order valence-corrected chi connectivity index (χ0v) is 30.7. The van der Waals surface area contributed by atoms with Crippen LogP contribution in [0.5, 0.6) is 11.5 Å². The average Bonchev–Trinajstić information content (AvgIpc) is 3.60. The van der Waals surface area contributed by atoms with Gasteiger partial charge in [0.05, 0.1) is 22.6 Å². The van der Waals surface area contributed by atoms with E-state index in [1.807, 2.05) is 0 Å². The van der Waals surface area contributed by atoms with Crippen LogP contribution in [0.2, 0.25) is 0 Å². The summed E-state index contributed by atoms with van der Waals surface area (Å²) in [5, 5.41) is 10.7. The number of nitrogens with two attached hydrogens (primary N) is 1. The van der Waals surface area contributed by atoms with E-state index in [-0.39, 0.29) is 64.1 Å². The van der Waals surface area contributed by atoms with E-state index in [4.69, 9.17) is 15.2 Å². The SMILES string of the molecule is CCC[C@H]1N(C(=O)c2cnccc2C(F)(F)F)CCC[C@@]1(Oc1csc(C(F)(F)F)c1)C(=O)N1CCC(N)(c2ccccc2OCC(C)(C)C(=O)O)CC1. The van der Waals surface area contributed by atoms with Gasteiger partial charge in [0.1, 0.15) is 23.0 Å². The number of aliphatic carboxylic acids is 1. The molecule has 0 aliphatic carbocycles. The van der Waals surface area contributed by atoms with Gasteiger partial charge in [-0.1, -0.05) is 31.5 Å². The van der Waals surface area contributed by atoms with Crippen LogP contribution < -0.4 is 15.2 Å². The number of nitrogens with zero attached hydrogens (tertiary/aromatic N) is 3. The van der Waals surface area contributed by atoms with Crippen molar-refractivity contribution in [3.05, 3.63) is 75.7 Å². The highest BCUT2D eigenvalue weighted by atomic mass is 32.1. The number of pyridine rings is 1. The first kappa shape index (κ1) is 40.8. The second kappa shape index (κ2) is 15.4. The Balaban J connectivity index is 1.49. The van der Waals surface area contributed by atoms with Crippen LogP contribution in [0.3, 0.4) is 0 Å². The number of likely N-dealkylation sites (tertiary alicyclic amines) is 2. The highest BCUT2D eigenvalue weighted by molar-refractivity contribution is 7.10. The number of carboxylic acid groups (broad SMARTS) is 1. The molecule has 294 valence electrons. The Morgan fingerprint density at radius 1 is 1.02 bits per heavy atom. The van der Waals surface area contributed by atoms with E-state index in [1.54, 1.807) is 31.2 Å². The number of alkyl halides is 6. The number of thiophene rings is 1. The van der Waals surface area contributed by atoms with E-state index in [0.717, 1.165) is 28.7 Å². The molecule has 2 aliphatic rings. The molecule has 2 amide bonds. The highest BCUT2D eigenvalue weighted by Gasteiger charge is 2.56. The second-order valence-electron chi connectivity index (χ2n) is 14.4. The minimum Gasteiger partial charge on any atom is -0.492 e. The molecule has 3 aromatic rings. The van der Waals surface area contributed by atoms with Crippen LogP contribution in [-0.4, -0.2) is 75.6 Å². The Morgan fingerprint density at radius 3 is 2.31 bits per heavy atom. The predicted octanol–water partition coefficient (Wildman–Crippen LogP) is 7.37. The van der Waals surface area contributed by atoms with Gasteiger partial charge in [-0.25, -0.2) is 0 Å². The lowest BCUT2D eigenvalue weighted by Crippen LogP contribution is -2.69. The molecule has 0 radical (unpaired) electrons. The predicted molar refractivity (Wildman–Crippen MR) is 186 cm³/mol. The fourth-order valence-corrected chi connectivity index (χ4v) is 7.75. The zero-order chi connectivity index (χ0) is 39.7. The summed E-state index contributed by atoms with van der Waals surface area (Å²) in [6.45, 7) is 4.74. The number of carbonyl (C=O) groups is 3. The number of benzene rings is 1. The fourth-order valence-electron chi connectivity index (χ4n) is 7.07. The maximum absolute atomic E-state index is 14.9. The molecule has 0 bridgehead atoms. The van der Waals surface area contributed by atoms with Gasteiger partial charge in [-0.3, -0.25) is 19.4 Å². The number of carbonyl (C=O) groups excluding carboxylic acids is 2. The van der Waals surface area contributed by atoms with Crippen molar-refractivity contribution in [2.75, 3.05) is 26.2 Å². The van der Waals surface area contributed by atoms with Gasteiger partial charge in [0.15, 0.2) is 0 Å². The molecule has 0 unspecified atom stereocenters. The summed E-state index contributed by atoms with van der Waals surface area (Å²) >= 11 is 0.370. The van der Waals surface area contributed by atoms with Crippen LogP contribution >= 0.6 is 11.3 Å². The number of hydrogen-bond donors (Lipinski definition) is 2. The molecule has 17 heteroatoms. The standard InChI is InChI=1S/C37H42F6N4O6S/c1-4-8-28-35(53-23-19-29(54-21-23)37(41,42)43,12-7-16-47(28)30(48)24-20-45-15-11-25(24)36(38,39)40)31(49)46-17-13-34(44,14-18-46)26-9-5-6-10-27(26)52-22-33(2,3)32(50)51/h5-6,9-11,15,19-21,28H,4,7-8,12-14,16-18,22,44H2,1-3H3,(H,50,51)/t28-,35+/m1/s1. The van der Waals surface area contributed by atoms with Gasteiger partial charge in [-0.2, -0.15) is 26.3 Å². The number of hydrogen-bond acceptors (Lipinski definition) is 8. The molecular formula is C37H42F6N4O6S. The summed E-state index contributed by atoms with van der Waals surface area (Å²) in [5.41, 5.74) is 1.42. The number of ether oxygens (including phenoxy) is 2. The third-order valence-corrected chi connectivity index (χ3v) is 11.0. The summed E-state index contributed by atoms with van der Waals surface area (Å²) in [5.74, 6) is -2.58. The number of para-hydroxylation sites is 1. The summed E-state index contributed by atoms with van der Waals surface area (Å²) < 4.78 is 95.5. The number of carboxylic acids is 1. The van der Waals surface area contributed by atoms with Crippen molar-refractivity contribution in [1.82, 2.24) is 14.8 Å². The average molecular weight is 785 g/mol. The zero-order valence-electron chi connectivity index (χ0n) is 29.9. The summed E-state index contributed by atoms with van der Waals surface area (Å²) in [6, 6.07) is 7.21. The van der Waals surface area contributed by atoms with E-state index in [9.17, 15) is 45.8 Å². The molecule has 2 fully saturated rings. The molecule has 54 heavy (non-hydrogen) atoms. The minimum absolute atomic E-state index is 0.0308. The molecule has 2 aromatic heterocycles. The first-order valence-electron chi connectivity index (χ1n) is 17.4. The maximum Gasteiger partial charge on any atom is 0.425 e. The van der Waals surface area contributed by atoms with Gasteiger partial charge in [-0.15, -0.1) is 11.3 Å². The molecule has 2 aliphatic heterocycles. The Kier molecular flexibility index (Phi) is 11.6. The van der Waals surface area contributed by atoms with Gasteiger partial charge in [0.25, 0.3) is 11.8 Å². The maximum atomic E-state index is 14.9. The number of amides is 2.